The van der Waals surface area contributed by atoms with Crippen LogP contribution in [0.5, 0.6) is 0 Å². The fourth-order valence-electron chi connectivity index (χ4n) is 0.837. The van der Waals surface area contributed by atoms with Gasteiger partial charge in [0.1, 0.15) is 6.34 Å². The van der Waals surface area contributed by atoms with Crippen LogP contribution in [-0.2, 0) is 0 Å². The van der Waals surface area contributed by atoms with Crippen molar-refractivity contribution in [3.05, 3.63) is 0 Å². The Morgan fingerprint density at radius 1 is 1.64 bits per heavy atom. The van der Waals surface area contributed by atoms with Gasteiger partial charge in [-0.05, 0) is 22.4 Å². The Labute approximate surface area is 83.9 Å². The average molecular weight is 285 g/mol. The molecule has 0 bridgehead atoms. The zero-order valence-electron chi connectivity index (χ0n) is 6.37. The summed E-state index contributed by atoms with van der Waals surface area (Å²) in [7, 11) is 0. The molecule has 1 aliphatic rings. The lowest BCUT2D eigenvalue weighted by atomic mass is 10.3. The van der Waals surface area contributed by atoms with Gasteiger partial charge in [0.2, 0.25) is 0 Å². The zero-order chi connectivity index (χ0) is 8.27. The lowest BCUT2D eigenvalue weighted by molar-refractivity contribution is 0.257. The fraction of sp³-hybridized carbons (Fsp3) is 0.833. The Bertz CT molecular complexity index is 151. The lowest BCUT2D eigenvalue weighted by Gasteiger charge is -2.20. The van der Waals surface area contributed by atoms with Crippen molar-refractivity contribution in [1.82, 2.24) is 8.93 Å². The third kappa shape index (κ3) is 2.33. The quantitative estimate of drug-likeness (QED) is 0.450. The van der Waals surface area contributed by atoms with E-state index in [0.29, 0.717) is 0 Å². The molecule has 1 unspecified atom stereocenters. The van der Waals surface area contributed by atoms with Gasteiger partial charge in [-0.1, -0.05) is 13.3 Å². The van der Waals surface area contributed by atoms with Gasteiger partial charge >= 0.3 is 0 Å². The Hall–Kier alpha value is 0.230. The minimum absolute atomic E-state index is 0.175. The highest BCUT2D eigenvalue weighted by atomic mass is 79.9. The van der Waals surface area contributed by atoms with Gasteiger partial charge in [0.15, 0.2) is 5.08 Å². The second-order valence-corrected chi connectivity index (χ2v) is 4.04. The largest absolute Gasteiger partial charge is 0.264 e. The highest BCUT2D eigenvalue weighted by molar-refractivity contribution is 9.11. The first kappa shape index (κ1) is 9.32. The number of nitrogens with zero attached hydrogens (tertiary/aromatic N) is 3. The molecule has 0 aromatic heterocycles. The van der Waals surface area contributed by atoms with Gasteiger partial charge in [0.05, 0.1) is 16.1 Å². The van der Waals surface area contributed by atoms with Crippen LogP contribution in [0.3, 0.4) is 0 Å². The molecule has 11 heavy (non-hydrogen) atoms. The minimum atomic E-state index is 0.175. The number of halogens is 2. The summed E-state index contributed by atoms with van der Waals surface area (Å²) >= 11 is 6.81. The van der Waals surface area contributed by atoms with Crippen molar-refractivity contribution >= 4 is 38.4 Å². The molecule has 0 fully saturated rings. The Kier molecular flexibility index (Phi) is 3.65. The molecular weight excluding hydrogens is 274 g/mol. The van der Waals surface area contributed by atoms with Gasteiger partial charge in [-0.25, -0.2) is 0 Å². The number of hydrazone groups is 1. The molecule has 0 N–H and O–H groups in total. The lowest BCUT2D eigenvalue weighted by Crippen LogP contribution is -2.29. The van der Waals surface area contributed by atoms with Crippen LogP contribution < -0.4 is 0 Å². The number of unbranched alkanes of at least 4 members (excludes halogenated alkanes) is 1. The van der Waals surface area contributed by atoms with E-state index in [4.69, 9.17) is 0 Å². The Balaban J connectivity index is 2.31. The molecule has 1 heterocycles. The Morgan fingerprint density at radius 2 is 2.36 bits per heavy atom. The van der Waals surface area contributed by atoms with Crippen LogP contribution in [0.25, 0.3) is 0 Å². The highest BCUT2D eigenvalue weighted by Crippen LogP contribution is 2.21. The molecule has 0 amide bonds. The molecule has 0 aliphatic carbocycles. The average Bonchev–Trinajstić information content (AvgIpc) is 2.31. The topological polar surface area (TPSA) is 18.8 Å². The van der Waals surface area contributed by atoms with Gasteiger partial charge in [-0.15, -0.1) is 0 Å². The summed E-state index contributed by atoms with van der Waals surface area (Å²) in [5.41, 5.74) is 0. The molecular formula is C6H11Br2N3. The summed E-state index contributed by atoms with van der Waals surface area (Å²) in [6, 6.07) is 0. The first-order chi connectivity index (χ1) is 5.25. The first-order valence-electron chi connectivity index (χ1n) is 3.64. The van der Waals surface area contributed by atoms with Gasteiger partial charge in [-0.3, -0.25) is 8.93 Å². The molecule has 0 spiro atoms. The van der Waals surface area contributed by atoms with Crippen molar-refractivity contribution in [3.63, 3.8) is 0 Å². The molecule has 0 saturated heterocycles. The highest BCUT2D eigenvalue weighted by Gasteiger charge is 2.22. The standard InChI is InChI=1S/C6H11Br2N3/c1-2-3-4-11-6(7)10(8)5-9-11/h5-6H,2-4H2,1H3. The van der Waals surface area contributed by atoms with Crippen LogP contribution in [0.4, 0.5) is 0 Å². The third-order valence-corrected chi connectivity index (χ3v) is 3.53. The first-order valence-corrected chi connectivity index (χ1v) is 5.27. The maximum Gasteiger partial charge on any atom is 0.185 e. The third-order valence-electron chi connectivity index (χ3n) is 1.50. The van der Waals surface area contributed by atoms with Crippen LogP contribution in [0.15, 0.2) is 5.10 Å². The van der Waals surface area contributed by atoms with Crippen LogP contribution in [0, 0.1) is 0 Å². The summed E-state index contributed by atoms with van der Waals surface area (Å²) in [6.45, 7) is 3.18. The fourth-order valence-corrected chi connectivity index (χ4v) is 1.55. The van der Waals surface area contributed by atoms with Crippen molar-refractivity contribution < 1.29 is 0 Å². The minimum Gasteiger partial charge on any atom is -0.264 e. The molecule has 0 aromatic rings. The van der Waals surface area contributed by atoms with Crippen molar-refractivity contribution in [3.8, 4) is 0 Å². The molecule has 0 aromatic carbocycles. The van der Waals surface area contributed by atoms with Crippen LogP contribution in [0.2, 0.25) is 0 Å². The number of alkyl halides is 1. The Morgan fingerprint density at radius 3 is 2.82 bits per heavy atom. The van der Waals surface area contributed by atoms with Crippen molar-refractivity contribution in [2.45, 2.75) is 24.8 Å². The van der Waals surface area contributed by atoms with E-state index in [1.54, 1.807) is 6.34 Å². The van der Waals surface area contributed by atoms with E-state index in [0.717, 1.165) is 6.54 Å². The van der Waals surface area contributed by atoms with E-state index in [2.05, 4.69) is 44.1 Å². The van der Waals surface area contributed by atoms with Gasteiger partial charge in [-0.2, -0.15) is 5.10 Å². The zero-order valence-corrected chi connectivity index (χ0v) is 9.55. The second kappa shape index (κ2) is 4.30. The van der Waals surface area contributed by atoms with E-state index in [-0.39, 0.29) is 5.08 Å². The van der Waals surface area contributed by atoms with E-state index < -0.39 is 0 Å². The summed E-state index contributed by atoms with van der Waals surface area (Å²) in [5.74, 6) is 0. The SMILES string of the molecule is CCCCN1N=CN(Br)C1Br. The summed E-state index contributed by atoms with van der Waals surface area (Å²) in [6.07, 6.45) is 4.14. The maximum absolute atomic E-state index is 4.18. The van der Waals surface area contributed by atoms with Gasteiger partial charge < -0.3 is 0 Å². The normalized spacial score (nSPS) is 23.4. The predicted molar refractivity (Wildman–Crippen MR) is 53.6 cm³/mol. The molecule has 1 aliphatic heterocycles. The molecule has 3 nitrogen and oxygen atoms in total. The number of rotatable bonds is 3. The molecule has 0 radical (unpaired) electrons. The second-order valence-electron chi connectivity index (χ2n) is 2.40. The molecule has 1 atom stereocenters. The van der Waals surface area contributed by atoms with Gasteiger partial charge in [0, 0.05) is 6.54 Å². The van der Waals surface area contributed by atoms with E-state index in [1.165, 1.54) is 12.8 Å². The molecule has 64 valence electrons. The summed E-state index contributed by atoms with van der Waals surface area (Å²) < 4.78 is 1.85. The molecule has 0 saturated carbocycles. The van der Waals surface area contributed by atoms with Crippen LogP contribution in [-0.4, -0.2) is 26.9 Å². The summed E-state index contributed by atoms with van der Waals surface area (Å²) in [5, 5.41) is 6.35. The van der Waals surface area contributed by atoms with E-state index in [1.807, 2.05) is 8.93 Å². The van der Waals surface area contributed by atoms with E-state index >= 15 is 0 Å². The van der Waals surface area contributed by atoms with Crippen molar-refractivity contribution in [2.75, 3.05) is 6.54 Å². The molecule has 1 rings (SSSR count). The smallest absolute Gasteiger partial charge is 0.185 e. The van der Waals surface area contributed by atoms with Crippen molar-refractivity contribution in [1.29, 1.82) is 0 Å². The number of hydrogen-bond acceptors (Lipinski definition) is 3. The van der Waals surface area contributed by atoms with E-state index in [9.17, 15) is 0 Å². The van der Waals surface area contributed by atoms with Crippen LogP contribution >= 0.6 is 32.1 Å². The number of hydrogen-bond donors (Lipinski definition) is 0. The van der Waals surface area contributed by atoms with Gasteiger partial charge in [0.25, 0.3) is 0 Å². The van der Waals surface area contributed by atoms with Crippen molar-refractivity contribution in [2.24, 2.45) is 5.10 Å². The predicted octanol–water partition coefficient (Wildman–Crippen LogP) is 2.34. The van der Waals surface area contributed by atoms with Crippen LogP contribution in [0.1, 0.15) is 19.8 Å². The summed E-state index contributed by atoms with van der Waals surface area (Å²) in [4.78, 5) is 0. The monoisotopic (exact) mass is 283 g/mol. The maximum atomic E-state index is 4.18. The molecule has 5 heteroatoms.